The van der Waals surface area contributed by atoms with Crippen molar-refractivity contribution in [1.82, 2.24) is 4.31 Å². The Bertz CT molecular complexity index is 721. The first-order valence-corrected chi connectivity index (χ1v) is 9.50. The lowest BCUT2D eigenvalue weighted by Crippen LogP contribution is -2.31. The topological polar surface area (TPSA) is 63.4 Å². The maximum absolute atomic E-state index is 12.9. The van der Waals surface area contributed by atoms with E-state index in [-0.39, 0.29) is 4.90 Å². The second-order valence-electron chi connectivity index (χ2n) is 4.63. The molecule has 7 heteroatoms. The van der Waals surface area contributed by atoms with Crippen molar-refractivity contribution >= 4 is 43.0 Å². The van der Waals surface area contributed by atoms with Crippen LogP contribution < -0.4 is 5.73 Å². The van der Waals surface area contributed by atoms with Gasteiger partial charge in [-0.3, -0.25) is 0 Å². The van der Waals surface area contributed by atoms with E-state index >= 15 is 0 Å². The number of aryl methyl sites for hydroxylation is 1. The van der Waals surface area contributed by atoms with Crippen molar-refractivity contribution in [2.75, 3.05) is 12.3 Å². The van der Waals surface area contributed by atoms with Crippen molar-refractivity contribution in [2.45, 2.75) is 25.3 Å². The fourth-order valence-corrected chi connectivity index (χ4v) is 5.46. The van der Waals surface area contributed by atoms with E-state index in [0.29, 0.717) is 24.3 Å². The minimum Gasteiger partial charge on any atom is -0.398 e. The molecule has 114 valence electrons. The Balaban J connectivity index is 2.40. The van der Waals surface area contributed by atoms with Crippen LogP contribution in [0.15, 0.2) is 39.0 Å². The van der Waals surface area contributed by atoms with Gasteiger partial charge in [-0.25, -0.2) is 8.42 Å². The molecule has 0 aliphatic rings. The van der Waals surface area contributed by atoms with Gasteiger partial charge < -0.3 is 5.73 Å². The van der Waals surface area contributed by atoms with Crippen molar-refractivity contribution in [3.8, 4) is 0 Å². The summed E-state index contributed by atoms with van der Waals surface area (Å²) in [5.74, 6) is 0. The Morgan fingerprint density at radius 2 is 2.00 bits per heavy atom. The van der Waals surface area contributed by atoms with Crippen LogP contribution in [-0.2, 0) is 16.6 Å². The molecule has 0 radical (unpaired) electrons. The summed E-state index contributed by atoms with van der Waals surface area (Å²) in [5.41, 5.74) is 6.85. The Morgan fingerprint density at radius 1 is 1.29 bits per heavy atom. The summed E-state index contributed by atoms with van der Waals surface area (Å²) in [4.78, 5) is 1.20. The number of halogens is 1. The van der Waals surface area contributed by atoms with Gasteiger partial charge in [0.25, 0.3) is 0 Å². The second-order valence-corrected chi connectivity index (χ2v) is 9.05. The summed E-state index contributed by atoms with van der Waals surface area (Å²) >= 11 is 4.92. The van der Waals surface area contributed by atoms with Gasteiger partial charge in [0.15, 0.2) is 0 Å². The average Bonchev–Trinajstić information content (AvgIpc) is 2.81. The Kier molecular flexibility index (Phi) is 5.08. The van der Waals surface area contributed by atoms with Gasteiger partial charge in [-0.1, -0.05) is 19.1 Å². The van der Waals surface area contributed by atoms with Crippen molar-refractivity contribution in [2.24, 2.45) is 0 Å². The third kappa shape index (κ3) is 3.48. The number of hydrogen-bond donors (Lipinski definition) is 1. The van der Waals surface area contributed by atoms with Gasteiger partial charge in [-0.15, -0.1) is 11.3 Å². The van der Waals surface area contributed by atoms with Crippen LogP contribution in [0.3, 0.4) is 0 Å². The molecule has 1 heterocycles. The Hall–Kier alpha value is -0.890. The van der Waals surface area contributed by atoms with Crippen LogP contribution in [0.25, 0.3) is 0 Å². The normalized spacial score (nSPS) is 12.0. The third-order valence-electron chi connectivity index (χ3n) is 3.15. The minimum atomic E-state index is -3.60. The molecule has 1 aromatic carbocycles. The fourth-order valence-electron chi connectivity index (χ4n) is 2.13. The lowest BCUT2D eigenvalue weighted by atomic mass is 10.2. The lowest BCUT2D eigenvalue weighted by Gasteiger charge is -2.22. The zero-order chi connectivity index (χ0) is 15.6. The Labute approximate surface area is 137 Å². The standard InChI is InChI=1S/C14H17BrN2O2S2/c1-3-17(9-11-7-8-13(15)20-11)21(18,19)14-10(2)5-4-6-12(14)16/h4-8H,3,9,16H2,1-2H3. The first-order valence-electron chi connectivity index (χ1n) is 6.45. The number of thiophene rings is 1. The van der Waals surface area contributed by atoms with E-state index in [1.165, 1.54) is 15.6 Å². The molecule has 0 aliphatic heterocycles. The highest BCUT2D eigenvalue weighted by atomic mass is 79.9. The summed E-state index contributed by atoms with van der Waals surface area (Å²) in [6, 6.07) is 8.99. The molecular weight excluding hydrogens is 372 g/mol. The van der Waals surface area contributed by atoms with Crippen LogP contribution in [0.2, 0.25) is 0 Å². The molecule has 0 fully saturated rings. The van der Waals surface area contributed by atoms with Gasteiger partial charge in [0.2, 0.25) is 10.0 Å². The number of anilines is 1. The van der Waals surface area contributed by atoms with Crippen LogP contribution in [0, 0.1) is 6.92 Å². The number of benzene rings is 1. The summed E-state index contributed by atoms with van der Waals surface area (Å²) < 4.78 is 28.1. The van der Waals surface area contributed by atoms with Crippen LogP contribution in [0.4, 0.5) is 5.69 Å². The highest BCUT2D eigenvalue weighted by Crippen LogP contribution is 2.29. The zero-order valence-corrected chi connectivity index (χ0v) is 15.1. The molecule has 0 aliphatic carbocycles. The van der Waals surface area contributed by atoms with Gasteiger partial charge in [0, 0.05) is 18.0 Å². The molecule has 1 aromatic heterocycles. The van der Waals surface area contributed by atoms with Crippen molar-refractivity contribution < 1.29 is 8.42 Å². The van der Waals surface area contributed by atoms with Gasteiger partial charge in [0.05, 0.1) is 9.47 Å². The fraction of sp³-hybridized carbons (Fsp3) is 0.286. The van der Waals surface area contributed by atoms with Crippen LogP contribution in [-0.4, -0.2) is 19.3 Å². The van der Waals surface area contributed by atoms with E-state index in [9.17, 15) is 8.42 Å². The molecular formula is C14H17BrN2O2S2. The van der Waals surface area contributed by atoms with Gasteiger partial charge in [-0.05, 0) is 46.6 Å². The lowest BCUT2D eigenvalue weighted by molar-refractivity contribution is 0.426. The van der Waals surface area contributed by atoms with Gasteiger partial charge >= 0.3 is 0 Å². The molecule has 0 saturated carbocycles. The van der Waals surface area contributed by atoms with E-state index in [4.69, 9.17) is 5.73 Å². The minimum absolute atomic E-state index is 0.211. The van der Waals surface area contributed by atoms with E-state index in [2.05, 4.69) is 15.9 Å². The third-order valence-corrected chi connectivity index (χ3v) is 6.90. The molecule has 0 spiro atoms. The molecule has 0 bridgehead atoms. The summed E-state index contributed by atoms with van der Waals surface area (Å²) in [7, 11) is -3.60. The number of rotatable bonds is 5. The highest BCUT2D eigenvalue weighted by molar-refractivity contribution is 9.11. The monoisotopic (exact) mass is 388 g/mol. The largest absolute Gasteiger partial charge is 0.398 e. The van der Waals surface area contributed by atoms with Crippen LogP contribution in [0.1, 0.15) is 17.4 Å². The molecule has 2 N–H and O–H groups in total. The number of hydrogen-bond acceptors (Lipinski definition) is 4. The number of nitrogens with two attached hydrogens (primary N) is 1. The molecule has 2 aromatic rings. The van der Waals surface area contributed by atoms with Crippen molar-refractivity contribution in [3.05, 3.63) is 44.6 Å². The smallest absolute Gasteiger partial charge is 0.245 e. The number of nitrogens with zero attached hydrogens (tertiary/aromatic N) is 1. The predicted molar refractivity (Wildman–Crippen MR) is 90.9 cm³/mol. The van der Waals surface area contributed by atoms with E-state index in [1.54, 1.807) is 25.1 Å². The molecule has 0 saturated heterocycles. The maximum atomic E-state index is 12.9. The molecule has 0 amide bonds. The van der Waals surface area contributed by atoms with Crippen molar-refractivity contribution in [1.29, 1.82) is 0 Å². The van der Waals surface area contributed by atoms with E-state index < -0.39 is 10.0 Å². The average molecular weight is 389 g/mol. The first-order chi connectivity index (χ1) is 9.86. The summed E-state index contributed by atoms with van der Waals surface area (Å²) in [5, 5.41) is 0. The molecule has 2 rings (SSSR count). The first kappa shape index (κ1) is 16.5. The van der Waals surface area contributed by atoms with Crippen LogP contribution >= 0.6 is 27.3 Å². The maximum Gasteiger partial charge on any atom is 0.245 e. The van der Waals surface area contributed by atoms with Gasteiger partial charge in [0.1, 0.15) is 4.90 Å². The number of sulfonamides is 1. The predicted octanol–water partition coefficient (Wildman–Crippen LogP) is 3.61. The van der Waals surface area contributed by atoms with E-state index in [0.717, 1.165) is 8.66 Å². The SMILES string of the molecule is CCN(Cc1ccc(Br)s1)S(=O)(=O)c1c(C)cccc1N. The molecule has 0 unspecified atom stereocenters. The number of nitrogen functional groups attached to an aromatic ring is 1. The summed E-state index contributed by atoms with van der Waals surface area (Å²) in [6.07, 6.45) is 0. The summed E-state index contributed by atoms with van der Waals surface area (Å²) in [6.45, 7) is 4.34. The molecule has 21 heavy (non-hydrogen) atoms. The zero-order valence-electron chi connectivity index (χ0n) is 11.8. The quantitative estimate of drug-likeness (QED) is 0.795. The van der Waals surface area contributed by atoms with Gasteiger partial charge in [-0.2, -0.15) is 4.31 Å². The van der Waals surface area contributed by atoms with Crippen LogP contribution in [0.5, 0.6) is 0 Å². The second kappa shape index (κ2) is 6.48. The van der Waals surface area contributed by atoms with Crippen molar-refractivity contribution in [3.63, 3.8) is 0 Å². The van der Waals surface area contributed by atoms with E-state index in [1.807, 2.05) is 19.1 Å². The molecule has 4 nitrogen and oxygen atoms in total. The Morgan fingerprint density at radius 3 is 2.52 bits per heavy atom. The molecule has 0 atom stereocenters. The highest BCUT2D eigenvalue weighted by Gasteiger charge is 2.27.